The number of nitrogens with one attached hydrogen (secondary N) is 1. The van der Waals surface area contributed by atoms with Crippen LogP contribution in [0.25, 0.3) is 0 Å². The van der Waals surface area contributed by atoms with Gasteiger partial charge in [0, 0.05) is 11.8 Å². The van der Waals surface area contributed by atoms with Crippen molar-refractivity contribution < 1.29 is 10.2 Å². The summed E-state index contributed by atoms with van der Waals surface area (Å²) in [6.07, 6.45) is 3.13. The van der Waals surface area contributed by atoms with Gasteiger partial charge < -0.3 is 10.2 Å². The number of amidine groups is 1. The molecule has 1 heterocycles. The van der Waals surface area contributed by atoms with Gasteiger partial charge in [0.05, 0.1) is 16.4 Å². The van der Waals surface area contributed by atoms with Gasteiger partial charge in [-0.2, -0.15) is 5.10 Å². The lowest BCUT2D eigenvalue weighted by Crippen LogP contribution is -2.20. The molecule has 0 aliphatic rings. The van der Waals surface area contributed by atoms with E-state index in [9.17, 15) is 10.2 Å². The maximum absolute atomic E-state index is 10.3. The first-order valence-electron chi connectivity index (χ1n) is 8.22. The number of phenols is 2. The van der Waals surface area contributed by atoms with Crippen molar-refractivity contribution in [3.05, 3.63) is 80.5 Å². The summed E-state index contributed by atoms with van der Waals surface area (Å²) in [5.41, 5.74) is 5.36. The summed E-state index contributed by atoms with van der Waals surface area (Å²) < 4.78 is 0.663. The molecule has 3 aromatic rings. The normalized spacial score (nSPS) is 11.8. The molecule has 6 nitrogen and oxygen atoms in total. The van der Waals surface area contributed by atoms with Crippen LogP contribution in [0, 0.1) is 6.92 Å². The van der Waals surface area contributed by atoms with Gasteiger partial charge in [0.1, 0.15) is 21.7 Å². The highest BCUT2D eigenvalue weighted by Gasteiger charge is 2.17. The van der Waals surface area contributed by atoms with Crippen molar-refractivity contribution in [3.8, 4) is 11.5 Å². The van der Waals surface area contributed by atoms with Gasteiger partial charge >= 0.3 is 0 Å². The van der Waals surface area contributed by atoms with Crippen LogP contribution in [0.2, 0.25) is 0 Å². The van der Waals surface area contributed by atoms with E-state index in [0.717, 1.165) is 5.69 Å². The number of phenolic OH excluding ortho intramolecular Hbond substituents is 2. The standard InChI is InChI=1S/C20H16Br2N4O2/c1-12-14(18(27)17(22)19(28)16(12)21)11-24-26-20(15-9-5-6-10-23-15)25-13-7-3-2-4-8-13/h2-11,27-28H,1H3,(H,25,26)/b24-11+. The van der Waals surface area contributed by atoms with E-state index in [0.29, 0.717) is 27.1 Å². The first kappa shape index (κ1) is 20.0. The second kappa shape index (κ2) is 8.99. The summed E-state index contributed by atoms with van der Waals surface area (Å²) >= 11 is 6.48. The van der Waals surface area contributed by atoms with Crippen molar-refractivity contribution in [2.45, 2.75) is 6.92 Å². The molecular weight excluding hydrogens is 488 g/mol. The van der Waals surface area contributed by atoms with Gasteiger partial charge in [-0.1, -0.05) is 24.3 Å². The number of hydrogen-bond acceptors (Lipinski definition) is 5. The molecule has 0 saturated heterocycles. The number of aliphatic imine (C=N–C) groups is 1. The molecule has 0 unspecified atom stereocenters. The average molecular weight is 504 g/mol. The molecule has 0 bridgehead atoms. The first-order valence-corrected chi connectivity index (χ1v) is 9.81. The van der Waals surface area contributed by atoms with Crippen LogP contribution in [-0.2, 0) is 0 Å². The summed E-state index contributed by atoms with van der Waals surface area (Å²) in [6, 6.07) is 14.9. The Kier molecular flexibility index (Phi) is 6.43. The summed E-state index contributed by atoms with van der Waals surface area (Å²) in [6.45, 7) is 1.76. The molecule has 0 amide bonds. The van der Waals surface area contributed by atoms with E-state index >= 15 is 0 Å². The third-order valence-electron chi connectivity index (χ3n) is 3.88. The number of rotatable bonds is 4. The van der Waals surface area contributed by atoms with Crippen molar-refractivity contribution in [1.82, 2.24) is 10.4 Å². The zero-order valence-corrected chi connectivity index (χ0v) is 17.9. The zero-order chi connectivity index (χ0) is 20.1. The van der Waals surface area contributed by atoms with Crippen molar-refractivity contribution in [2.24, 2.45) is 10.1 Å². The van der Waals surface area contributed by atoms with E-state index in [2.05, 4.69) is 52.4 Å². The van der Waals surface area contributed by atoms with Crippen LogP contribution in [0.1, 0.15) is 16.8 Å². The van der Waals surface area contributed by atoms with E-state index in [1.54, 1.807) is 13.1 Å². The third-order valence-corrected chi connectivity index (χ3v) is 5.60. The highest BCUT2D eigenvalue weighted by atomic mass is 79.9. The molecule has 0 fully saturated rings. The lowest BCUT2D eigenvalue weighted by atomic mass is 10.1. The van der Waals surface area contributed by atoms with Crippen molar-refractivity contribution in [2.75, 3.05) is 0 Å². The highest BCUT2D eigenvalue weighted by Crippen LogP contribution is 2.43. The maximum atomic E-state index is 10.3. The third kappa shape index (κ3) is 4.40. The largest absolute Gasteiger partial charge is 0.506 e. The molecule has 0 radical (unpaired) electrons. The Morgan fingerprint density at radius 1 is 1.00 bits per heavy atom. The number of para-hydroxylation sites is 1. The SMILES string of the molecule is Cc1c(Br)c(O)c(Br)c(O)c1/C=N/NC(=Nc1ccccc1)c1ccccn1. The predicted molar refractivity (Wildman–Crippen MR) is 118 cm³/mol. The molecule has 28 heavy (non-hydrogen) atoms. The number of aromatic hydroxyl groups is 2. The molecular formula is C20H16Br2N4O2. The van der Waals surface area contributed by atoms with Crippen LogP contribution < -0.4 is 5.43 Å². The minimum atomic E-state index is -0.108. The van der Waals surface area contributed by atoms with Crippen LogP contribution in [0.4, 0.5) is 5.69 Å². The molecule has 0 aliphatic carbocycles. The van der Waals surface area contributed by atoms with Crippen LogP contribution in [0.15, 0.2) is 73.8 Å². The van der Waals surface area contributed by atoms with E-state index in [-0.39, 0.29) is 16.0 Å². The zero-order valence-electron chi connectivity index (χ0n) is 14.8. The number of benzene rings is 2. The number of pyridine rings is 1. The Morgan fingerprint density at radius 3 is 2.39 bits per heavy atom. The van der Waals surface area contributed by atoms with Gasteiger partial charge in [0.2, 0.25) is 0 Å². The lowest BCUT2D eigenvalue weighted by molar-refractivity contribution is 0.441. The molecule has 0 saturated carbocycles. The average Bonchev–Trinajstić information content (AvgIpc) is 2.74. The van der Waals surface area contributed by atoms with Gasteiger partial charge in [-0.3, -0.25) is 10.4 Å². The van der Waals surface area contributed by atoms with Crippen LogP contribution in [-0.4, -0.2) is 27.2 Å². The number of aromatic nitrogens is 1. The quantitative estimate of drug-likeness (QED) is 0.264. The van der Waals surface area contributed by atoms with Crippen LogP contribution in [0.5, 0.6) is 11.5 Å². The Morgan fingerprint density at radius 2 is 1.71 bits per heavy atom. The topological polar surface area (TPSA) is 90.1 Å². The second-order valence-corrected chi connectivity index (χ2v) is 7.33. The monoisotopic (exact) mass is 502 g/mol. The van der Waals surface area contributed by atoms with E-state index in [4.69, 9.17) is 0 Å². The molecule has 2 aromatic carbocycles. The molecule has 3 N–H and O–H groups in total. The Hall–Kier alpha value is -2.71. The fraction of sp³-hybridized carbons (Fsp3) is 0.0500. The van der Waals surface area contributed by atoms with Crippen molar-refractivity contribution in [3.63, 3.8) is 0 Å². The summed E-state index contributed by atoms with van der Waals surface area (Å²) in [4.78, 5) is 8.87. The number of nitrogens with zero attached hydrogens (tertiary/aromatic N) is 3. The van der Waals surface area contributed by atoms with Crippen LogP contribution in [0.3, 0.4) is 0 Å². The molecule has 1 aromatic heterocycles. The molecule has 8 heteroatoms. The van der Waals surface area contributed by atoms with E-state index in [1.165, 1.54) is 6.21 Å². The first-order chi connectivity index (χ1) is 13.5. The fourth-order valence-electron chi connectivity index (χ4n) is 2.39. The van der Waals surface area contributed by atoms with Crippen LogP contribution >= 0.6 is 31.9 Å². The maximum Gasteiger partial charge on any atom is 0.172 e. The molecule has 0 spiro atoms. The van der Waals surface area contributed by atoms with Gasteiger partial charge in [0.15, 0.2) is 5.84 Å². The van der Waals surface area contributed by atoms with E-state index < -0.39 is 0 Å². The predicted octanol–water partition coefficient (Wildman–Crippen LogP) is 5.03. The Balaban J connectivity index is 1.95. The highest BCUT2D eigenvalue weighted by molar-refractivity contribution is 9.11. The smallest absolute Gasteiger partial charge is 0.172 e. The van der Waals surface area contributed by atoms with Crippen molar-refractivity contribution >= 4 is 49.6 Å². The molecule has 3 rings (SSSR count). The minimum Gasteiger partial charge on any atom is -0.506 e. The molecule has 0 aliphatic heterocycles. The summed E-state index contributed by atoms with van der Waals surface area (Å²) in [7, 11) is 0. The van der Waals surface area contributed by atoms with Gasteiger partial charge in [-0.15, -0.1) is 0 Å². The van der Waals surface area contributed by atoms with E-state index in [1.807, 2.05) is 48.5 Å². The minimum absolute atomic E-state index is 0.0695. The fourth-order valence-corrected chi connectivity index (χ4v) is 3.48. The van der Waals surface area contributed by atoms with Crippen molar-refractivity contribution in [1.29, 1.82) is 0 Å². The lowest BCUT2D eigenvalue weighted by Gasteiger charge is -2.11. The molecule has 142 valence electrons. The van der Waals surface area contributed by atoms with Gasteiger partial charge in [0.25, 0.3) is 0 Å². The van der Waals surface area contributed by atoms with Gasteiger partial charge in [-0.25, -0.2) is 4.99 Å². The Labute approximate surface area is 178 Å². The number of hydrazone groups is 1. The summed E-state index contributed by atoms with van der Waals surface area (Å²) in [5, 5.41) is 24.5. The Bertz CT molecular complexity index is 1010. The summed E-state index contributed by atoms with van der Waals surface area (Å²) in [5.74, 6) is 0.278. The second-order valence-electron chi connectivity index (χ2n) is 5.74. The number of halogens is 2. The molecule has 0 atom stereocenters. The van der Waals surface area contributed by atoms with Gasteiger partial charge in [-0.05, 0) is 68.6 Å². The number of hydrogen-bond donors (Lipinski definition) is 3.